The SMILES string of the molecule is CC(C1CC1)N(Cc1ccccc1)C(=O)C1CCN(S(=O)(=O)c2ccc3c(c2)CCC3)CC1. The van der Waals surface area contributed by atoms with E-state index in [4.69, 9.17) is 0 Å². The van der Waals surface area contributed by atoms with Gasteiger partial charge in [-0.15, -0.1) is 0 Å². The van der Waals surface area contributed by atoms with Crippen LogP contribution in [0.3, 0.4) is 0 Å². The minimum absolute atomic E-state index is 0.110. The largest absolute Gasteiger partial charge is 0.335 e. The molecule has 6 heteroatoms. The molecule has 1 atom stereocenters. The summed E-state index contributed by atoms with van der Waals surface area (Å²) in [5.74, 6) is 0.673. The second-order valence-electron chi connectivity index (χ2n) is 9.99. The quantitative estimate of drug-likeness (QED) is 0.608. The highest BCUT2D eigenvalue weighted by molar-refractivity contribution is 7.89. The monoisotopic (exact) mass is 466 g/mol. The number of nitrogens with zero attached hydrogens (tertiary/aromatic N) is 2. The Bertz CT molecular complexity index is 1100. The van der Waals surface area contributed by atoms with Crippen LogP contribution in [0.15, 0.2) is 53.4 Å². The summed E-state index contributed by atoms with van der Waals surface area (Å²) in [5, 5.41) is 0. The van der Waals surface area contributed by atoms with Crippen LogP contribution >= 0.6 is 0 Å². The third-order valence-corrected chi connectivity index (χ3v) is 9.68. The highest BCUT2D eigenvalue weighted by Gasteiger charge is 2.39. The number of fused-ring (bicyclic) bond motifs is 1. The number of piperidine rings is 1. The lowest BCUT2D eigenvalue weighted by molar-refractivity contribution is -0.140. The average Bonchev–Trinajstić information content (AvgIpc) is 3.59. The van der Waals surface area contributed by atoms with Crippen molar-refractivity contribution < 1.29 is 13.2 Å². The van der Waals surface area contributed by atoms with Crippen molar-refractivity contribution in [1.82, 2.24) is 9.21 Å². The van der Waals surface area contributed by atoms with Gasteiger partial charge in [0.15, 0.2) is 0 Å². The fraction of sp³-hybridized carbons (Fsp3) is 0.519. The van der Waals surface area contributed by atoms with Gasteiger partial charge in [0.2, 0.25) is 15.9 Å². The fourth-order valence-electron chi connectivity index (χ4n) is 5.47. The smallest absolute Gasteiger partial charge is 0.243 e. The third kappa shape index (κ3) is 4.73. The Morgan fingerprint density at radius 1 is 1.00 bits per heavy atom. The normalized spacial score (nSPS) is 20.4. The molecule has 2 aromatic carbocycles. The molecule has 0 aromatic heterocycles. The number of carbonyl (C=O) groups excluding carboxylic acids is 1. The average molecular weight is 467 g/mol. The summed E-state index contributed by atoms with van der Waals surface area (Å²) < 4.78 is 28.1. The summed E-state index contributed by atoms with van der Waals surface area (Å²) in [6.45, 7) is 3.62. The Kier molecular flexibility index (Phi) is 6.32. The molecule has 176 valence electrons. The molecule has 2 aromatic rings. The molecule has 1 saturated heterocycles. The van der Waals surface area contributed by atoms with Crippen molar-refractivity contribution in [3.8, 4) is 0 Å². The van der Waals surface area contributed by atoms with Crippen LogP contribution < -0.4 is 0 Å². The van der Waals surface area contributed by atoms with Gasteiger partial charge in [0.05, 0.1) is 4.90 Å². The number of sulfonamides is 1. The zero-order valence-corrected chi connectivity index (χ0v) is 20.3. The van der Waals surface area contributed by atoms with Crippen LogP contribution in [0.25, 0.3) is 0 Å². The standard InChI is InChI=1S/C27H34N2O3S/c1-20(22-10-11-22)29(19-21-6-3-2-4-7-21)27(30)24-14-16-28(17-15-24)33(31,32)26-13-12-23-8-5-9-25(23)18-26/h2-4,6-7,12-13,18,20,22,24H,5,8-11,14-17,19H2,1H3. The van der Waals surface area contributed by atoms with E-state index < -0.39 is 10.0 Å². The summed E-state index contributed by atoms with van der Waals surface area (Å²) in [6.07, 6.45) is 6.67. The Morgan fingerprint density at radius 3 is 2.39 bits per heavy atom. The number of rotatable bonds is 7. The number of hydrogen-bond acceptors (Lipinski definition) is 3. The van der Waals surface area contributed by atoms with Crippen LogP contribution in [-0.4, -0.2) is 42.7 Å². The maximum Gasteiger partial charge on any atom is 0.243 e. The molecular formula is C27H34N2O3S. The molecule has 0 spiro atoms. The minimum Gasteiger partial charge on any atom is -0.335 e. The van der Waals surface area contributed by atoms with Crippen molar-refractivity contribution in [3.05, 3.63) is 65.2 Å². The van der Waals surface area contributed by atoms with Crippen molar-refractivity contribution in [2.45, 2.75) is 69.4 Å². The van der Waals surface area contributed by atoms with Crippen LogP contribution in [0.1, 0.15) is 55.7 Å². The second kappa shape index (κ2) is 9.22. The van der Waals surface area contributed by atoms with Crippen molar-refractivity contribution >= 4 is 15.9 Å². The highest BCUT2D eigenvalue weighted by Crippen LogP contribution is 2.37. The van der Waals surface area contributed by atoms with Crippen LogP contribution in [0, 0.1) is 11.8 Å². The number of amides is 1. The molecule has 3 aliphatic rings. The summed E-state index contributed by atoms with van der Waals surface area (Å²) >= 11 is 0. The van der Waals surface area contributed by atoms with E-state index in [2.05, 4.69) is 24.0 Å². The maximum atomic E-state index is 13.6. The van der Waals surface area contributed by atoms with Gasteiger partial charge >= 0.3 is 0 Å². The number of benzene rings is 2. The van der Waals surface area contributed by atoms with Gasteiger partial charge < -0.3 is 4.90 Å². The summed E-state index contributed by atoms with van der Waals surface area (Å²) in [5.41, 5.74) is 3.60. The summed E-state index contributed by atoms with van der Waals surface area (Å²) in [7, 11) is -3.51. The molecule has 1 unspecified atom stereocenters. The van der Waals surface area contributed by atoms with Gasteiger partial charge in [-0.2, -0.15) is 4.31 Å². The predicted molar refractivity (Wildman–Crippen MR) is 129 cm³/mol. The summed E-state index contributed by atoms with van der Waals surface area (Å²) in [6, 6.07) is 16.0. The van der Waals surface area contributed by atoms with E-state index in [1.54, 1.807) is 10.4 Å². The molecule has 1 amide bonds. The van der Waals surface area contributed by atoms with Crippen molar-refractivity contribution in [2.24, 2.45) is 11.8 Å². The van der Waals surface area contributed by atoms with E-state index in [-0.39, 0.29) is 17.9 Å². The number of aryl methyl sites for hydroxylation is 2. The van der Waals surface area contributed by atoms with Crippen LogP contribution in [0.4, 0.5) is 0 Å². The van der Waals surface area contributed by atoms with Crippen molar-refractivity contribution in [1.29, 1.82) is 0 Å². The molecule has 33 heavy (non-hydrogen) atoms. The molecule has 1 saturated carbocycles. The van der Waals surface area contributed by atoms with E-state index in [1.807, 2.05) is 30.3 Å². The lowest BCUT2D eigenvalue weighted by Crippen LogP contribution is -2.47. The Labute approximate surface area is 197 Å². The first kappa shape index (κ1) is 22.6. The minimum atomic E-state index is -3.51. The van der Waals surface area contributed by atoms with Gasteiger partial charge in [-0.25, -0.2) is 8.42 Å². The molecule has 0 bridgehead atoms. The molecule has 2 fully saturated rings. The molecule has 0 radical (unpaired) electrons. The first-order valence-corrected chi connectivity index (χ1v) is 13.8. The molecule has 5 rings (SSSR count). The molecule has 1 heterocycles. The fourth-order valence-corrected chi connectivity index (χ4v) is 6.99. The molecule has 5 nitrogen and oxygen atoms in total. The zero-order chi connectivity index (χ0) is 23.0. The summed E-state index contributed by atoms with van der Waals surface area (Å²) in [4.78, 5) is 16.1. The van der Waals surface area contributed by atoms with Crippen molar-refractivity contribution in [3.63, 3.8) is 0 Å². The van der Waals surface area contributed by atoms with E-state index in [9.17, 15) is 13.2 Å². The Morgan fingerprint density at radius 2 is 1.70 bits per heavy atom. The zero-order valence-electron chi connectivity index (χ0n) is 19.4. The van der Waals surface area contributed by atoms with E-state index >= 15 is 0 Å². The molecular weight excluding hydrogens is 432 g/mol. The van der Waals surface area contributed by atoms with E-state index in [0.717, 1.165) is 24.8 Å². The number of hydrogen-bond donors (Lipinski definition) is 0. The molecule has 0 N–H and O–H groups in total. The maximum absolute atomic E-state index is 13.6. The van der Waals surface area contributed by atoms with Gasteiger partial charge in [-0.3, -0.25) is 4.79 Å². The highest BCUT2D eigenvalue weighted by atomic mass is 32.2. The van der Waals surface area contributed by atoms with Crippen LogP contribution in [0.5, 0.6) is 0 Å². The topological polar surface area (TPSA) is 57.7 Å². The van der Waals surface area contributed by atoms with Gasteiger partial charge in [-0.05, 0) is 86.6 Å². The van der Waals surface area contributed by atoms with E-state index in [0.29, 0.717) is 43.3 Å². The Hall–Kier alpha value is -2.18. The van der Waals surface area contributed by atoms with E-state index in [1.165, 1.54) is 24.0 Å². The van der Waals surface area contributed by atoms with Crippen LogP contribution in [-0.2, 0) is 34.2 Å². The predicted octanol–water partition coefficient (Wildman–Crippen LogP) is 4.40. The molecule has 2 aliphatic carbocycles. The third-order valence-electron chi connectivity index (χ3n) is 7.79. The molecule has 1 aliphatic heterocycles. The first-order chi connectivity index (χ1) is 15.9. The van der Waals surface area contributed by atoms with Crippen LogP contribution in [0.2, 0.25) is 0 Å². The lowest BCUT2D eigenvalue weighted by atomic mass is 9.95. The Balaban J connectivity index is 1.26. The van der Waals surface area contributed by atoms with Gasteiger partial charge in [-0.1, -0.05) is 36.4 Å². The van der Waals surface area contributed by atoms with Crippen molar-refractivity contribution in [2.75, 3.05) is 13.1 Å². The van der Waals surface area contributed by atoms with Gasteiger partial charge in [0.25, 0.3) is 0 Å². The van der Waals surface area contributed by atoms with Gasteiger partial charge in [0, 0.05) is 31.6 Å². The first-order valence-electron chi connectivity index (χ1n) is 12.4. The number of carbonyl (C=O) groups is 1. The second-order valence-corrected chi connectivity index (χ2v) is 11.9. The lowest BCUT2D eigenvalue weighted by Gasteiger charge is -2.36. The van der Waals surface area contributed by atoms with Gasteiger partial charge in [0.1, 0.15) is 0 Å².